The first-order valence-corrected chi connectivity index (χ1v) is 6.01. The number of nitrogens with zero attached hydrogens (tertiary/aromatic N) is 3. The van der Waals surface area contributed by atoms with Crippen LogP contribution in [0.1, 0.15) is 0 Å². The molecule has 0 unspecified atom stereocenters. The van der Waals surface area contributed by atoms with Crippen LogP contribution in [0, 0.1) is 0 Å². The largest absolute Gasteiger partial charge is 0.347 e. The van der Waals surface area contributed by atoms with Gasteiger partial charge in [-0.1, -0.05) is 18.2 Å². The number of hydrogen-bond donors (Lipinski definition) is 1. The smallest absolute Gasteiger partial charge is 0.162 e. The zero-order valence-corrected chi connectivity index (χ0v) is 10.5. The van der Waals surface area contributed by atoms with Gasteiger partial charge in [0.2, 0.25) is 0 Å². The van der Waals surface area contributed by atoms with Crippen LogP contribution in [0.4, 0.5) is 5.82 Å². The Hall–Kier alpha value is -2.07. The Morgan fingerprint density at radius 2 is 1.94 bits per heavy atom. The fourth-order valence-electron chi connectivity index (χ4n) is 2.28. The average molecular weight is 240 g/mol. The van der Waals surface area contributed by atoms with Crippen LogP contribution in [0.15, 0.2) is 48.8 Å². The molecule has 4 heteroatoms. The zero-order valence-electron chi connectivity index (χ0n) is 10.5. The van der Waals surface area contributed by atoms with Gasteiger partial charge in [-0.15, -0.1) is 0 Å². The first-order valence-electron chi connectivity index (χ1n) is 6.01. The normalized spacial score (nSPS) is 18.9. The van der Waals surface area contributed by atoms with Gasteiger partial charge in [-0.3, -0.25) is 10.2 Å². The molecule has 1 aromatic carbocycles. The molecule has 18 heavy (non-hydrogen) atoms. The van der Waals surface area contributed by atoms with Crippen molar-refractivity contribution < 1.29 is 0 Å². The minimum Gasteiger partial charge on any atom is -0.347 e. The molecule has 4 nitrogen and oxygen atoms in total. The van der Waals surface area contributed by atoms with Gasteiger partial charge < -0.3 is 4.90 Å². The van der Waals surface area contributed by atoms with Gasteiger partial charge in [-0.2, -0.15) is 0 Å². The number of para-hydroxylation sites is 1. The molecule has 1 atom stereocenters. The van der Waals surface area contributed by atoms with Gasteiger partial charge in [0.1, 0.15) is 5.82 Å². The third-order valence-corrected chi connectivity index (χ3v) is 3.22. The molecular formula is C14H16N4. The predicted octanol–water partition coefficient (Wildman–Crippen LogP) is 1.96. The minimum absolute atomic E-state index is 0.124. The summed E-state index contributed by atoms with van der Waals surface area (Å²) in [5, 5.41) is 4.43. The monoisotopic (exact) mass is 240 g/mol. The van der Waals surface area contributed by atoms with E-state index < -0.39 is 0 Å². The average Bonchev–Trinajstić information content (AvgIpc) is 2.79. The van der Waals surface area contributed by atoms with Gasteiger partial charge in [0.15, 0.2) is 6.29 Å². The number of benzene rings is 1. The summed E-state index contributed by atoms with van der Waals surface area (Å²) in [5.41, 5.74) is 1.02. The summed E-state index contributed by atoms with van der Waals surface area (Å²) in [6.07, 6.45) is 4.20. The van der Waals surface area contributed by atoms with Gasteiger partial charge in [0.05, 0.1) is 5.52 Å². The second-order valence-electron chi connectivity index (χ2n) is 4.40. The van der Waals surface area contributed by atoms with E-state index in [9.17, 15) is 0 Å². The van der Waals surface area contributed by atoms with E-state index in [0.29, 0.717) is 0 Å². The predicted molar refractivity (Wildman–Crippen MR) is 74.0 cm³/mol. The molecule has 2 aromatic rings. The summed E-state index contributed by atoms with van der Waals surface area (Å²) in [6.45, 7) is 0. The minimum atomic E-state index is 0.124. The maximum atomic E-state index is 4.70. The lowest BCUT2D eigenvalue weighted by atomic mass is 10.2. The lowest BCUT2D eigenvalue weighted by Gasteiger charge is -2.29. The van der Waals surface area contributed by atoms with Gasteiger partial charge in [-0.25, -0.2) is 4.98 Å². The Morgan fingerprint density at radius 1 is 1.11 bits per heavy atom. The quantitative estimate of drug-likeness (QED) is 0.869. The lowest BCUT2D eigenvalue weighted by Crippen LogP contribution is -2.46. The Bertz CT molecular complexity index is 593. The molecule has 1 aromatic heterocycles. The number of anilines is 1. The fourth-order valence-corrected chi connectivity index (χ4v) is 2.28. The Labute approximate surface area is 107 Å². The van der Waals surface area contributed by atoms with Gasteiger partial charge in [0, 0.05) is 24.8 Å². The highest BCUT2D eigenvalue weighted by Gasteiger charge is 2.23. The molecule has 0 bridgehead atoms. The second kappa shape index (κ2) is 4.31. The third kappa shape index (κ3) is 1.71. The fraction of sp³-hybridized carbons (Fsp3) is 0.214. The molecule has 0 saturated heterocycles. The van der Waals surface area contributed by atoms with Crippen molar-refractivity contribution in [2.45, 2.75) is 6.29 Å². The molecular weight excluding hydrogens is 224 g/mol. The van der Waals surface area contributed by atoms with E-state index in [2.05, 4.69) is 33.3 Å². The molecule has 3 rings (SSSR count). The van der Waals surface area contributed by atoms with E-state index in [1.54, 1.807) is 0 Å². The molecule has 0 saturated carbocycles. The van der Waals surface area contributed by atoms with Crippen LogP contribution in [-0.4, -0.2) is 30.3 Å². The number of aromatic nitrogens is 1. The lowest BCUT2D eigenvalue weighted by molar-refractivity contribution is 0.318. The molecule has 0 aliphatic carbocycles. The van der Waals surface area contributed by atoms with Crippen LogP contribution >= 0.6 is 0 Å². The first kappa shape index (κ1) is 11.0. The number of fused-ring (bicyclic) bond motifs is 1. The van der Waals surface area contributed by atoms with Crippen molar-refractivity contribution in [1.29, 1.82) is 0 Å². The Balaban J connectivity index is 2.02. The van der Waals surface area contributed by atoms with Crippen molar-refractivity contribution in [3.8, 4) is 0 Å². The van der Waals surface area contributed by atoms with Gasteiger partial charge >= 0.3 is 0 Å². The number of hydrogen-bond acceptors (Lipinski definition) is 4. The van der Waals surface area contributed by atoms with Crippen molar-refractivity contribution in [1.82, 2.24) is 15.2 Å². The molecule has 1 N–H and O–H groups in total. The van der Waals surface area contributed by atoms with Gasteiger partial charge in [-0.05, 0) is 25.2 Å². The standard InChI is InChI=1S/C14H16N4/c1-15-14-17(2)9-10-18(14)13-8-7-11-5-3-4-6-12(11)16-13/h3-10,14-15H,1-2H3/t14-/m1/s1. The summed E-state index contributed by atoms with van der Waals surface area (Å²) in [5.74, 6) is 0.952. The Kier molecular flexibility index (Phi) is 2.64. The summed E-state index contributed by atoms with van der Waals surface area (Å²) in [4.78, 5) is 8.92. The van der Waals surface area contributed by atoms with E-state index >= 15 is 0 Å². The van der Waals surface area contributed by atoms with Crippen molar-refractivity contribution in [2.24, 2.45) is 0 Å². The summed E-state index contributed by atoms with van der Waals surface area (Å²) < 4.78 is 0. The van der Waals surface area contributed by atoms with Gasteiger partial charge in [0.25, 0.3) is 0 Å². The molecule has 92 valence electrons. The van der Waals surface area contributed by atoms with Crippen LogP contribution in [0.3, 0.4) is 0 Å². The first-order chi connectivity index (χ1) is 8.79. The highest BCUT2D eigenvalue weighted by molar-refractivity contribution is 5.80. The molecule has 0 spiro atoms. The number of rotatable bonds is 2. The second-order valence-corrected chi connectivity index (χ2v) is 4.40. The molecule has 0 amide bonds. The molecule has 1 aliphatic heterocycles. The van der Waals surface area contributed by atoms with Crippen LogP contribution < -0.4 is 10.2 Å². The van der Waals surface area contributed by atoms with E-state index in [-0.39, 0.29) is 6.29 Å². The van der Waals surface area contributed by atoms with Crippen molar-refractivity contribution in [3.63, 3.8) is 0 Å². The highest BCUT2D eigenvalue weighted by Crippen LogP contribution is 2.23. The molecule has 1 aliphatic rings. The van der Waals surface area contributed by atoms with Crippen molar-refractivity contribution in [3.05, 3.63) is 48.8 Å². The van der Waals surface area contributed by atoms with Crippen molar-refractivity contribution >= 4 is 16.7 Å². The topological polar surface area (TPSA) is 31.4 Å². The summed E-state index contributed by atoms with van der Waals surface area (Å²) in [6, 6.07) is 12.3. The van der Waals surface area contributed by atoms with Crippen molar-refractivity contribution in [2.75, 3.05) is 19.0 Å². The van der Waals surface area contributed by atoms with E-state index in [4.69, 9.17) is 4.98 Å². The van der Waals surface area contributed by atoms with Crippen LogP contribution in [0.2, 0.25) is 0 Å². The SMILES string of the molecule is CN[C@@H]1N(C)C=CN1c1ccc2ccccc2n1. The molecule has 0 radical (unpaired) electrons. The zero-order chi connectivity index (χ0) is 12.5. The maximum Gasteiger partial charge on any atom is 0.162 e. The van der Waals surface area contributed by atoms with Crippen LogP contribution in [-0.2, 0) is 0 Å². The molecule has 2 heterocycles. The summed E-state index contributed by atoms with van der Waals surface area (Å²) >= 11 is 0. The van der Waals surface area contributed by atoms with E-state index in [1.165, 1.54) is 5.39 Å². The van der Waals surface area contributed by atoms with E-state index in [0.717, 1.165) is 11.3 Å². The molecule has 0 fully saturated rings. The number of nitrogens with one attached hydrogen (secondary N) is 1. The highest BCUT2D eigenvalue weighted by atomic mass is 15.5. The Morgan fingerprint density at radius 3 is 2.78 bits per heavy atom. The number of pyridine rings is 1. The third-order valence-electron chi connectivity index (χ3n) is 3.22. The van der Waals surface area contributed by atoms with E-state index in [1.807, 2.05) is 44.7 Å². The maximum absolute atomic E-state index is 4.70. The van der Waals surface area contributed by atoms with Crippen LogP contribution in [0.5, 0.6) is 0 Å². The summed E-state index contributed by atoms with van der Waals surface area (Å²) in [7, 11) is 3.99. The van der Waals surface area contributed by atoms with Crippen LogP contribution in [0.25, 0.3) is 10.9 Å².